The van der Waals surface area contributed by atoms with E-state index in [1.807, 2.05) is 4.90 Å². The topological polar surface area (TPSA) is 77.0 Å². The van der Waals surface area contributed by atoms with Gasteiger partial charge in [0.1, 0.15) is 0 Å². The standard InChI is InChI=1S/C11H19N5O/c1-9-6-10(7-12)8-16(9)11(17)2-4-15-5-3-13-14-15/h3,5,9-10H,2,4,6-8,12H2,1H3. The molecule has 94 valence electrons. The van der Waals surface area contributed by atoms with Crippen molar-refractivity contribution < 1.29 is 4.79 Å². The van der Waals surface area contributed by atoms with Crippen molar-refractivity contribution in [2.24, 2.45) is 11.7 Å². The highest BCUT2D eigenvalue weighted by Crippen LogP contribution is 2.22. The predicted molar refractivity (Wildman–Crippen MR) is 63.0 cm³/mol. The Balaban J connectivity index is 1.84. The first kappa shape index (κ1) is 12.0. The van der Waals surface area contributed by atoms with E-state index in [0.29, 0.717) is 31.5 Å². The van der Waals surface area contributed by atoms with Gasteiger partial charge in [-0.25, -0.2) is 0 Å². The SMILES string of the molecule is CC1CC(CN)CN1C(=O)CCn1ccnn1. The molecule has 17 heavy (non-hydrogen) atoms. The molecule has 6 heteroatoms. The highest BCUT2D eigenvalue weighted by Gasteiger charge is 2.31. The van der Waals surface area contributed by atoms with Crippen LogP contribution < -0.4 is 5.73 Å². The molecule has 0 aliphatic carbocycles. The molecule has 0 saturated carbocycles. The Labute approximate surface area is 101 Å². The number of nitrogens with two attached hydrogens (primary N) is 1. The predicted octanol–water partition coefficient (Wildman–Crippen LogP) is -0.136. The zero-order valence-corrected chi connectivity index (χ0v) is 10.1. The molecule has 2 unspecified atom stereocenters. The molecule has 2 heterocycles. The summed E-state index contributed by atoms with van der Waals surface area (Å²) >= 11 is 0. The lowest BCUT2D eigenvalue weighted by molar-refractivity contribution is -0.132. The third kappa shape index (κ3) is 2.82. The van der Waals surface area contributed by atoms with Gasteiger partial charge in [-0.2, -0.15) is 0 Å². The Bertz CT molecular complexity index is 364. The Kier molecular flexibility index (Phi) is 3.73. The number of hydrogen-bond acceptors (Lipinski definition) is 4. The van der Waals surface area contributed by atoms with E-state index in [0.717, 1.165) is 13.0 Å². The number of aryl methyl sites for hydroxylation is 1. The molecule has 1 aromatic rings. The second-order valence-electron chi connectivity index (χ2n) is 4.65. The van der Waals surface area contributed by atoms with Gasteiger partial charge in [-0.1, -0.05) is 5.21 Å². The lowest BCUT2D eigenvalue weighted by Crippen LogP contribution is -2.35. The Morgan fingerprint density at radius 3 is 3.00 bits per heavy atom. The molecule has 1 amide bonds. The average Bonchev–Trinajstić information content (AvgIpc) is 2.94. The minimum atomic E-state index is 0.184. The fraction of sp³-hybridized carbons (Fsp3) is 0.727. The minimum Gasteiger partial charge on any atom is -0.340 e. The summed E-state index contributed by atoms with van der Waals surface area (Å²) in [5.41, 5.74) is 5.65. The van der Waals surface area contributed by atoms with Crippen LogP contribution >= 0.6 is 0 Å². The van der Waals surface area contributed by atoms with E-state index in [1.165, 1.54) is 0 Å². The number of amides is 1. The van der Waals surface area contributed by atoms with E-state index in [-0.39, 0.29) is 5.91 Å². The van der Waals surface area contributed by atoms with Crippen molar-refractivity contribution in [2.45, 2.75) is 32.4 Å². The van der Waals surface area contributed by atoms with Gasteiger partial charge in [-0.05, 0) is 25.8 Å². The first-order valence-electron chi connectivity index (χ1n) is 6.04. The Hall–Kier alpha value is -1.43. The summed E-state index contributed by atoms with van der Waals surface area (Å²) in [5, 5.41) is 7.55. The summed E-state index contributed by atoms with van der Waals surface area (Å²) in [6.45, 7) is 4.14. The van der Waals surface area contributed by atoms with Crippen molar-refractivity contribution in [3.05, 3.63) is 12.4 Å². The molecular formula is C11H19N5O. The normalized spacial score (nSPS) is 24.2. The first-order valence-corrected chi connectivity index (χ1v) is 6.04. The number of carbonyl (C=O) groups is 1. The first-order chi connectivity index (χ1) is 8.20. The quantitative estimate of drug-likeness (QED) is 0.791. The number of nitrogens with zero attached hydrogens (tertiary/aromatic N) is 4. The van der Waals surface area contributed by atoms with Crippen LogP contribution in [0.2, 0.25) is 0 Å². The van der Waals surface area contributed by atoms with Crippen molar-refractivity contribution in [3.63, 3.8) is 0 Å². The maximum absolute atomic E-state index is 12.0. The van der Waals surface area contributed by atoms with Crippen LogP contribution in [-0.2, 0) is 11.3 Å². The van der Waals surface area contributed by atoms with Crippen molar-refractivity contribution in [1.82, 2.24) is 19.9 Å². The molecule has 2 N–H and O–H groups in total. The van der Waals surface area contributed by atoms with Gasteiger partial charge in [0, 0.05) is 25.2 Å². The summed E-state index contributed by atoms with van der Waals surface area (Å²) in [5.74, 6) is 0.643. The summed E-state index contributed by atoms with van der Waals surface area (Å²) < 4.78 is 1.68. The molecule has 1 saturated heterocycles. The summed E-state index contributed by atoms with van der Waals surface area (Å²) in [7, 11) is 0. The second kappa shape index (κ2) is 5.27. The van der Waals surface area contributed by atoms with Gasteiger partial charge >= 0.3 is 0 Å². The highest BCUT2D eigenvalue weighted by molar-refractivity contribution is 5.76. The molecule has 1 fully saturated rings. The third-order valence-corrected chi connectivity index (χ3v) is 3.34. The average molecular weight is 237 g/mol. The number of rotatable bonds is 4. The lowest BCUT2D eigenvalue weighted by Gasteiger charge is -2.21. The van der Waals surface area contributed by atoms with E-state index in [4.69, 9.17) is 5.73 Å². The van der Waals surface area contributed by atoms with Gasteiger partial charge in [-0.15, -0.1) is 5.10 Å². The highest BCUT2D eigenvalue weighted by atomic mass is 16.2. The maximum Gasteiger partial charge on any atom is 0.224 e. The Morgan fingerprint density at radius 2 is 2.41 bits per heavy atom. The van der Waals surface area contributed by atoms with Gasteiger partial charge in [0.25, 0.3) is 0 Å². The zero-order valence-electron chi connectivity index (χ0n) is 10.1. The minimum absolute atomic E-state index is 0.184. The van der Waals surface area contributed by atoms with Crippen LogP contribution in [0.5, 0.6) is 0 Å². The van der Waals surface area contributed by atoms with E-state index >= 15 is 0 Å². The molecular weight excluding hydrogens is 218 g/mol. The van der Waals surface area contributed by atoms with Crippen molar-refractivity contribution >= 4 is 5.91 Å². The van der Waals surface area contributed by atoms with Gasteiger partial charge in [0.2, 0.25) is 5.91 Å². The fourth-order valence-electron chi connectivity index (χ4n) is 2.37. The van der Waals surface area contributed by atoms with E-state index in [2.05, 4.69) is 17.2 Å². The van der Waals surface area contributed by atoms with Crippen LogP contribution in [0.4, 0.5) is 0 Å². The fourth-order valence-corrected chi connectivity index (χ4v) is 2.37. The Morgan fingerprint density at radius 1 is 1.59 bits per heavy atom. The molecule has 6 nitrogen and oxygen atoms in total. The van der Waals surface area contributed by atoms with Crippen LogP contribution in [0.25, 0.3) is 0 Å². The van der Waals surface area contributed by atoms with Crippen LogP contribution in [0.15, 0.2) is 12.4 Å². The molecule has 0 bridgehead atoms. The molecule has 0 radical (unpaired) electrons. The maximum atomic E-state index is 12.0. The van der Waals surface area contributed by atoms with Crippen LogP contribution in [0, 0.1) is 5.92 Å². The summed E-state index contributed by atoms with van der Waals surface area (Å²) in [6.07, 6.45) is 4.88. The molecule has 0 spiro atoms. The smallest absolute Gasteiger partial charge is 0.224 e. The second-order valence-corrected chi connectivity index (χ2v) is 4.65. The van der Waals surface area contributed by atoms with Gasteiger partial charge in [-0.3, -0.25) is 9.48 Å². The molecule has 2 atom stereocenters. The molecule has 1 aliphatic rings. The van der Waals surface area contributed by atoms with Gasteiger partial charge < -0.3 is 10.6 Å². The zero-order chi connectivity index (χ0) is 12.3. The monoisotopic (exact) mass is 237 g/mol. The summed E-state index contributed by atoms with van der Waals surface area (Å²) in [6, 6.07) is 0.312. The van der Waals surface area contributed by atoms with Crippen LogP contribution in [-0.4, -0.2) is 44.9 Å². The summed E-state index contributed by atoms with van der Waals surface area (Å²) in [4.78, 5) is 14.0. The van der Waals surface area contributed by atoms with Gasteiger partial charge in [0.15, 0.2) is 0 Å². The molecule has 0 aromatic carbocycles. The number of hydrogen-bond donors (Lipinski definition) is 1. The molecule has 1 aromatic heterocycles. The number of aromatic nitrogens is 3. The van der Waals surface area contributed by atoms with E-state index < -0.39 is 0 Å². The third-order valence-electron chi connectivity index (χ3n) is 3.34. The van der Waals surface area contributed by atoms with Crippen LogP contribution in [0.1, 0.15) is 19.8 Å². The lowest BCUT2D eigenvalue weighted by atomic mass is 10.1. The number of likely N-dealkylation sites (tertiary alicyclic amines) is 1. The largest absolute Gasteiger partial charge is 0.340 e. The van der Waals surface area contributed by atoms with Crippen molar-refractivity contribution in [3.8, 4) is 0 Å². The molecule has 2 rings (SSSR count). The van der Waals surface area contributed by atoms with Gasteiger partial charge in [0.05, 0.1) is 12.7 Å². The van der Waals surface area contributed by atoms with Crippen LogP contribution in [0.3, 0.4) is 0 Å². The molecule has 1 aliphatic heterocycles. The van der Waals surface area contributed by atoms with E-state index in [9.17, 15) is 4.79 Å². The van der Waals surface area contributed by atoms with Crippen molar-refractivity contribution in [2.75, 3.05) is 13.1 Å². The van der Waals surface area contributed by atoms with Crippen molar-refractivity contribution in [1.29, 1.82) is 0 Å². The number of carbonyl (C=O) groups excluding carboxylic acids is 1. The van der Waals surface area contributed by atoms with E-state index in [1.54, 1.807) is 17.1 Å².